The lowest BCUT2D eigenvalue weighted by atomic mass is 9.91. The minimum Gasteiger partial charge on any atom is -0.348 e. The van der Waals surface area contributed by atoms with Crippen molar-refractivity contribution in [2.45, 2.75) is 37.8 Å². The molecule has 2 atom stereocenters. The number of thiophene rings is 1. The summed E-state index contributed by atoms with van der Waals surface area (Å²) in [5.74, 6) is 0.0126. The summed E-state index contributed by atoms with van der Waals surface area (Å²) >= 11 is 1.54. The maximum atomic E-state index is 11.8. The Balaban J connectivity index is 1.93. The maximum absolute atomic E-state index is 11.8. The minimum atomic E-state index is 0.0126. The van der Waals surface area contributed by atoms with Gasteiger partial charge < -0.3 is 11.1 Å². The summed E-state index contributed by atoms with van der Waals surface area (Å²) in [6.45, 7) is 0. The highest BCUT2D eigenvalue weighted by molar-refractivity contribution is 7.08. The number of rotatable bonds is 2. The van der Waals surface area contributed by atoms with Crippen molar-refractivity contribution in [3.8, 4) is 0 Å². The van der Waals surface area contributed by atoms with Gasteiger partial charge in [-0.15, -0.1) is 0 Å². The van der Waals surface area contributed by atoms with Crippen LogP contribution in [0.1, 0.15) is 36.0 Å². The number of nitrogens with one attached hydrogen (secondary N) is 1. The van der Waals surface area contributed by atoms with E-state index in [1.165, 1.54) is 24.2 Å². The van der Waals surface area contributed by atoms with E-state index in [9.17, 15) is 4.79 Å². The molecule has 0 saturated heterocycles. The molecular weight excluding hydrogens is 208 g/mol. The third-order valence-electron chi connectivity index (χ3n) is 2.92. The van der Waals surface area contributed by atoms with Crippen LogP contribution in [-0.2, 0) is 0 Å². The van der Waals surface area contributed by atoms with Crippen LogP contribution in [0.5, 0.6) is 0 Å². The molecule has 0 bridgehead atoms. The zero-order chi connectivity index (χ0) is 10.7. The van der Waals surface area contributed by atoms with Crippen LogP contribution in [0.25, 0.3) is 0 Å². The fourth-order valence-corrected chi connectivity index (χ4v) is 2.62. The van der Waals surface area contributed by atoms with Crippen LogP contribution in [0, 0.1) is 0 Å². The number of nitrogens with two attached hydrogens (primary N) is 1. The molecule has 1 aliphatic rings. The molecule has 3 nitrogen and oxygen atoms in total. The quantitative estimate of drug-likeness (QED) is 0.804. The molecule has 1 amide bonds. The minimum absolute atomic E-state index is 0.0126. The highest BCUT2D eigenvalue weighted by Gasteiger charge is 2.23. The van der Waals surface area contributed by atoms with E-state index in [2.05, 4.69) is 5.32 Å². The number of hydrogen-bond acceptors (Lipinski definition) is 3. The molecule has 0 aromatic carbocycles. The standard InChI is InChI=1S/C11H16N2OS/c12-9-3-1-2-4-10(9)13-11(14)8-5-6-15-7-8/h5-7,9-10H,1-4,12H2,(H,13,14)/t9-,10+/m1/s1. The molecular formula is C11H16N2OS. The van der Waals surface area contributed by atoms with Gasteiger partial charge in [-0.05, 0) is 24.3 Å². The first kappa shape index (κ1) is 10.6. The van der Waals surface area contributed by atoms with Crippen molar-refractivity contribution in [2.24, 2.45) is 5.73 Å². The van der Waals surface area contributed by atoms with Gasteiger partial charge in [0.1, 0.15) is 0 Å². The van der Waals surface area contributed by atoms with Crippen molar-refractivity contribution in [3.63, 3.8) is 0 Å². The largest absolute Gasteiger partial charge is 0.348 e. The SMILES string of the molecule is N[C@@H]1CCCC[C@@H]1NC(=O)c1ccsc1. The second kappa shape index (κ2) is 4.77. The summed E-state index contributed by atoms with van der Waals surface area (Å²) in [7, 11) is 0. The second-order valence-corrected chi connectivity index (χ2v) is 4.82. The highest BCUT2D eigenvalue weighted by Crippen LogP contribution is 2.17. The van der Waals surface area contributed by atoms with Gasteiger partial charge in [0.15, 0.2) is 0 Å². The number of carbonyl (C=O) groups is 1. The van der Waals surface area contributed by atoms with Crippen LogP contribution >= 0.6 is 11.3 Å². The predicted octanol–water partition coefficient (Wildman–Crippen LogP) is 1.75. The van der Waals surface area contributed by atoms with Gasteiger partial charge in [0.25, 0.3) is 5.91 Å². The van der Waals surface area contributed by atoms with Crippen molar-refractivity contribution in [1.29, 1.82) is 0 Å². The van der Waals surface area contributed by atoms with Crippen molar-refractivity contribution in [1.82, 2.24) is 5.32 Å². The Kier molecular flexibility index (Phi) is 3.38. The van der Waals surface area contributed by atoms with Gasteiger partial charge in [-0.2, -0.15) is 11.3 Å². The first-order valence-electron chi connectivity index (χ1n) is 5.36. The van der Waals surface area contributed by atoms with E-state index in [0.717, 1.165) is 18.4 Å². The van der Waals surface area contributed by atoms with Crippen LogP contribution in [0.2, 0.25) is 0 Å². The average Bonchev–Trinajstić information content (AvgIpc) is 2.74. The van der Waals surface area contributed by atoms with Crippen LogP contribution in [0.4, 0.5) is 0 Å². The van der Waals surface area contributed by atoms with E-state index >= 15 is 0 Å². The lowest BCUT2D eigenvalue weighted by Crippen LogP contribution is -2.49. The normalized spacial score (nSPS) is 26.2. The summed E-state index contributed by atoms with van der Waals surface area (Å²) in [5.41, 5.74) is 6.72. The Morgan fingerprint density at radius 1 is 1.47 bits per heavy atom. The van der Waals surface area contributed by atoms with Crippen molar-refractivity contribution in [2.75, 3.05) is 0 Å². The molecule has 3 N–H and O–H groups in total. The van der Waals surface area contributed by atoms with Gasteiger partial charge in [0, 0.05) is 23.0 Å². The molecule has 2 rings (SSSR count). The summed E-state index contributed by atoms with van der Waals surface area (Å²) in [4.78, 5) is 11.8. The van der Waals surface area contributed by atoms with E-state index in [0.29, 0.717) is 0 Å². The van der Waals surface area contributed by atoms with Crippen LogP contribution in [-0.4, -0.2) is 18.0 Å². The van der Waals surface area contributed by atoms with Gasteiger partial charge in [-0.1, -0.05) is 12.8 Å². The third kappa shape index (κ3) is 2.58. The van der Waals surface area contributed by atoms with Gasteiger partial charge in [-0.25, -0.2) is 0 Å². The van der Waals surface area contributed by atoms with Crippen molar-refractivity contribution in [3.05, 3.63) is 22.4 Å². The van der Waals surface area contributed by atoms with Gasteiger partial charge >= 0.3 is 0 Å². The molecule has 0 radical (unpaired) electrons. The lowest BCUT2D eigenvalue weighted by molar-refractivity contribution is 0.0922. The number of carbonyl (C=O) groups excluding carboxylic acids is 1. The van der Waals surface area contributed by atoms with Crippen molar-refractivity contribution < 1.29 is 4.79 Å². The van der Waals surface area contributed by atoms with E-state index < -0.39 is 0 Å². The van der Waals surface area contributed by atoms with E-state index in [4.69, 9.17) is 5.73 Å². The van der Waals surface area contributed by atoms with E-state index in [1.54, 1.807) is 0 Å². The monoisotopic (exact) mass is 224 g/mol. The molecule has 1 aliphatic carbocycles. The Hall–Kier alpha value is -0.870. The van der Waals surface area contributed by atoms with E-state index in [-0.39, 0.29) is 18.0 Å². The van der Waals surface area contributed by atoms with Crippen LogP contribution in [0.15, 0.2) is 16.8 Å². The third-order valence-corrected chi connectivity index (χ3v) is 3.60. The Bertz CT molecular complexity index is 323. The first-order chi connectivity index (χ1) is 7.27. The molecule has 1 saturated carbocycles. The lowest BCUT2D eigenvalue weighted by Gasteiger charge is -2.29. The molecule has 0 unspecified atom stereocenters. The molecule has 1 aromatic heterocycles. The molecule has 1 aromatic rings. The smallest absolute Gasteiger partial charge is 0.252 e. The predicted molar refractivity (Wildman–Crippen MR) is 62.0 cm³/mol. The Morgan fingerprint density at radius 3 is 2.93 bits per heavy atom. The molecule has 0 aliphatic heterocycles. The second-order valence-electron chi connectivity index (χ2n) is 4.04. The molecule has 4 heteroatoms. The van der Waals surface area contributed by atoms with Crippen LogP contribution < -0.4 is 11.1 Å². The fourth-order valence-electron chi connectivity index (χ4n) is 1.98. The first-order valence-corrected chi connectivity index (χ1v) is 6.30. The Labute approximate surface area is 93.7 Å². The topological polar surface area (TPSA) is 55.1 Å². The molecule has 1 fully saturated rings. The average molecular weight is 224 g/mol. The maximum Gasteiger partial charge on any atom is 0.252 e. The molecule has 0 spiro atoms. The van der Waals surface area contributed by atoms with Crippen LogP contribution in [0.3, 0.4) is 0 Å². The van der Waals surface area contributed by atoms with Gasteiger partial charge in [-0.3, -0.25) is 4.79 Å². The zero-order valence-electron chi connectivity index (χ0n) is 8.61. The summed E-state index contributed by atoms with van der Waals surface area (Å²) in [6, 6.07) is 2.13. The molecule has 15 heavy (non-hydrogen) atoms. The Morgan fingerprint density at radius 2 is 2.27 bits per heavy atom. The zero-order valence-corrected chi connectivity index (χ0v) is 9.43. The summed E-state index contributed by atoms with van der Waals surface area (Å²) in [6.07, 6.45) is 4.39. The van der Waals surface area contributed by atoms with Crippen molar-refractivity contribution >= 4 is 17.2 Å². The van der Waals surface area contributed by atoms with Gasteiger partial charge in [0.2, 0.25) is 0 Å². The summed E-state index contributed by atoms with van der Waals surface area (Å²) < 4.78 is 0. The van der Waals surface area contributed by atoms with Gasteiger partial charge in [0.05, 0.1) is 0 Å². The summed E-state index contributed by atoms with van der Waals surface area (Å²) in [5, 5.41) is 6.79. The number of amides is 1. The molecule has 82 valence electrons. The highest BCUT2D eigenvalue weighted by atomic mass is 32.1. The number of hydrogen-bond donors (Lipinski definition) is 2. The molecule has 1 heterocycles. The van der Waals surface area contributed by atoms with E-state index in [1.807, 2.05) is 16.8 Å². The fraction of sp³-hybridized carbons (Fsp3) is 0.545.